The summed E-state index contributed by atoms with van der Waals surface area (Å²) in [7, 11) is -10.0. The molecule has 0 aromatic rings. The fourth-order valence-electron chi connectivity index (χ4n) is 0. The summed E-state index contributed by atoms with van der Waals surface area (Å²) >= 11 is 0. The van der Waals surface area contributed by atoms with Gasteiger partial charge in [-0.3, -0.25) is 0 Å². The van der Waals surface area contributed by atoms with Crippen LogP contribution in [0, 0.1) is 0 Å². The standard InChI is InChI=1S/3CH2O3.3Ca.3H3N.2H3O4P/c3*2-1(3)4;;;;;;;2*1-5(2,3)4/h3*(H2,2,3,4);;;;3*1H3;2*(H3,1,2,3,4)/q;;;3*+2;;;;;/p-6. The molecule has 0 aromatic carbocycles. The molecule has 0 atom stereocenters. The monoisotopic (exact) mass is 547 g/mol. The molecule has 0 radical (unpaired) electrons. The number of rotatable bonds is 0. The molecule has 0 saturated heterocycles. The third kappa shape index (κ3) is 6910. The molecule has 0 bridgehead atoms. The van der Waals surface area contributed by atoms with Crippen LogP contribution in [-0.2, 0) is 9.13 Å². The summed E-state index contributed by atoms with van der Waals surface area (Å²) in [6.07, 6.45) is -6.25. The normalized spacial score (nSPS) is 6.79. The van der Waals surface area contributed by atoms with Gasteiger partial charge in [-0.25, -0.2) is 4.57 Å². The minimum absolute atomic E-state index is 0. The van der Waals surface area contributed by atoms with E-state index in [1.165, 1.54) is 0 Å². The summed E-state index contributed by atoms with van der Waals surface area (Å²) in [6, 6.07) is 0. The van der Waals surface area contributed by atoms with Crippen molar-refractivity contribution in [1.29, 1.82) is 0 Å². The summed E-state index contributed by atoms with van der Waals surface area (Å²) in [5, 5.41) is 45.9. The topological polar surface area (TPSA) is 450 Å². The van der Waals surface area contributed by atoms with Crippen molar-refractivity contribution in [1.82, 2.24) is 18.5 Å². The first-order chi connectivity index (χ1) is 9.20. The van der Waals surface area contributed by atoms with E-state index < -0.39 is 34.1 Å². The van der Waals surface area contributed by atoms with Crippen LogP contribution in [0.5, 0.6) is 0 Å². The second kappa shape index (κ2) is 42.7. The van der Waals surface area contributed by atoms with Crippen molar-refractivity contribution < 1.29 is 83.5 Å². The van der Waals surface area contributed by atoms with Gasteiger partial charge in [-0.2, -0.15) is 7.82 Å². The number of hydrogen-bond donors (Lipinski definition) is 9. The first kappa shape index (κ1) is 70.0. The van der Waals surface area contributed by atoms with Crippen molar-refractivity contribution in [2.45, 2.75) is 0 Å². The van der Waals surface area contributed by atoms with Crippen LogP contribution in [0.1, 0.15) is 0 Å². The van der Waals surface area contributed by atoms with E-state index in [1.807, 2.05) is 0 Å². The number of phosphoric acid groups is 2. The minimum Gasteiger partial charge on any atom is -0.822 e. The predicted octanol–water partition coefficient (Wildman–Crippen LogP) is -7.75. The zero-order valence-electron chi connectivity index (χ0n) is 13.8. The van der Waals surface area contributed by atoms with Crippen LogP contribution < -0.4 is 48.5 Å². The molecule has 0 amide bonds. The van der Waals surface area contributed by atoms with Gasteiger partial charge >= 0.3 is 121 Å². The molecule has 0 saturated carbocycles. The molecule has 0 aliphatic carbocycles. The zero-order valence-corrected chi connectivity index (χ0v) is 22.2. The van der Waals surface area contributed by atoms with E-state index >= 15 is 0 Å². The molecule has 0 rings (SSSR count). The van der Waals surface area contributed by atoms with E-state index in [0.717, 1.165) is 0 Å². The van der Waals surface area contributed by atoms with Crippen LogP contribution in [-0.4, -0.2) is 162 Å². The Labute approximate surface area is 245 Å². The molecule has 28 heavy (non-hydrogen) atoms. The van der Waals surface area contributed by atoms with Crippen LogP contribution in [0.4, 0.5) is 14.4 Å². The number of hydrogen-bond acceptors (Lipinski definition) is 14. The molecule has 0 aromatic heterocycles. The molecule has 0 heterocycles. The molecule has 0 unspecified atom stereocenters. The Morgan fingerprint density at radius 3 is 0.571 bits per heavy atom. The molecule has 0 fully saturated rings. The number of carboxylic acid groups (broad SMARTS) is 6. The van der Waals surface area contributed by atoms with Gasteiger partial charge in [-0.05, 0) is 0 Å². The Balaban J connectivity index is -0.0000000137. The molecule has 20 nitrogen and oxygen atoms in total. The molecule has 0 spiro atoms. The van der Waals surface area contributed by atoms with Crippen LogP contribution in [0.2, 0.25) is 0 Å². The van der Waals surface area contributed by atoms with Crippen molar-refractivity contribution in [2.24, 2.45) is 0 Å². The van der Waals surface area contributed by atoms with Crippen molar-refractivity contribution in [2.75, 3.05) is 0 Å². The van der Waals surface area contributed by atoms with Gasteiger partial charge in [0, 0.05) is 0 Å². The molecular formula is C3H15Ca3N3O17P2. The van der Waals surface area contributed by atoms with Crippen LogP contribution >= 0.6 is 15.6 Å². The first-order valence-corrected chi connectivity index (χ1v) is 6.43. The van der Waals surface area contributed by atoms with Gasteiger partial charge in [0.15, 0.2) is 0 Å². The molecular weight excluding hydrogens is 532 g/mol. The van der Waals surface area contributed by atoms with E-state index in [-0.39, 0.29) is 132 Å². The maximum absolute atomic E-state index is 8.88. The van der Waals surface area contributed by atoms with Crippen LogP contribution in [0.3, 0.4) is 0 Å². The summed E-state index contributed by atoms with van der Waals surface area (Å²) in [6.45, 7) is 0. The average Bonchev–Trinajstić information content (AvgIpc) is 1.88. The summed E-state index contributed by atoms with van der Waals surface area (Å²) < 4.78 is 17.4. The Morgan fingerprint density at radius 1 is 0.571 bits per heavy atom. The Bertz CT molecular complexity index is 335. The largest absolute Gasteiger partial charge is 2.00 e. The van der Waals surface area contributed by atoms with E-state index in [2.05, 4.69) is 0 Å². The van der Waals surface area contributed by atoms with Gasteiger partial charge in [0.05, 0.1) is 0 Å². The zero-order chi connectivity index (χ0) is 19.7. The van der Waals surface area contributed by atoms with E-state index in [1.54, 1.807) is 0 Å². The molecule has 0 aliphatic rings. The van der Waals surface area contributed by atoms with Crippen molar-refractivity contribution in [3.8, 4) is 0 Å². The van der Waals surface area contributed by atoms with Crippen LogP contribution in [0.25, 0.3) is 0 Å². The van der Waals surface area contributed by atoms with Gasteiger partial charge in [-0.1, -0.05) is 0 Å². The smallest absolute Gasteiger partial charge is 0.822 e. The Kier molecular flexibility index (Phi) is 107. The molecule has 15 N–H and O–H groups in total. The minimum atomic E-state index is -5.39. The summed E-state index contributed by atoms with van der Waals surface area (Å²) in [5.41, 5.74) is 0. The van der Waals surface area contributed by atoms with Gasteiger partial charge in [0.1, 0.15) is 0 Å². The fourth-order valence-corrected chi connectivity index (χ4v) is 0. The van der Waals surface area contributed by atoms with E-state index in [9.17, 15) is 0 Å². The third-order valence-corrected chi connectivity index (χ3v) is 0. The van der Waals surface area contributed by atoms with Gasteiger partial charge in [-0.15, -0.1) is 0 Å². The second-order valence-electron chi connectivity index (χ2n) is 1.76. The van der Waals surface area contributed by atoms with Crippen molar-refractivity contribution in [3.63, 3.8) is 0 Å². The molecule has 160 valence electrons. The Hall–Kier alpha value is 1.69. The SMILES string of the molecule is N.N.N.O=C([O-])O.O=C([O-])O.O=C([O-])O.O=P(O)(O)O.O=P([O-])([O-])[O-].[Ca+2].[Ca+2].[Ca+2]. The van der Waals surface area contributed by atoms with E-state index in [4.69, 9.17) is 83.5 Å². The maximum atomic E-state index is 8.88. The quantitative estimate of drug-likeness (QED) is 0.100. The van der Waals surface area contributed by atoms with Crippen molar-refractivity contribution >= 4 is 147 Å². The summed E-state index contributed by atoms with van der Waals surface area (Å²) in [5.74, 6) is 0. The summed E-state index contributed by atoms with van der Waals surface area (Å²) in [4.78, 5) is 72.5. The predicted molar refractivity (Wildman–Crippen MR) is 78.3 cm³/mol. The van der Waals surface area contributed by atoms with Crippen molar-refractivity contribution in [3.05, 3.63) is 0 Å². The second-order valence-corrected chi connectivity index (χ2v) is 3.68. The van der Waals surface area contributed by atoms with E-state index in [0.29, 0.717) is 0 Å². The third-order valence-electron chi connectivity index (χ3n) is 0. The van der Waals surface area contributed by atoms with Gasteiger partial charge in [0.25, 0.3) is 0 Å². The van der Waals surface area contributed by atoms with Gasteiger partial charge < -0.3 is 97.4 Å². The maximum Gasteiger partial charge on any atom is 2.00 e. The van der Waals surface area contributed by atoms with Gasteiger partial charge in [0.2, 0.25) is 18.5 Å². The first-order valence-electron chi connectivity index (χ1n) is 3.41. The average molecular weight is 547 g/mol. The molecule has 0 aliphatic heterocycles. The number of carbonyl (C=O) groups is 3. The fraction of sp³-hybridized carbons (Fsp3) is 0. The Morgan fingerprint density at radius 2 is 0.571 bits per heavy atom. The molecule has 25 heteroatoms. The van der Waals surface area contributed by atoms with Crippen LogP contribution in [0.15, 0.2) is 0 Å².